The van der Waals surface area contributed by atoms with Gasteiger partial charge in [0.2, 0.25) is 5.91 Å². The van der Waals surface area contributed by atoms with Gasteiger partial charge in [0, 0.05) is 60.7 Å². The highest BCUT2D eigenvalue weighted by Gasteiger charge is 2.31. The van der Waals surface area contributed by atoms with E-state index in [1.165, 1.54) is 13.2 Å². The lowest BCUT2D eigenvalue weighted by molar-refractivity contribution is -0.117. The van der Waals surface area contributed by atoms with Crippen LogP contribution >= 0.6 is 0 Å². The molecule has 2 amide bonds. The summed E-state index contributed by atoms with van der Waals surface area (Å²) in [4.78, 5) is 31.2. The lowest BCUT2D eigenvalue weighted by Gasteiger charge is -2.35. The molecule has 1 fully saturated rings. The van der Waals surface area contributed by atoms with Crippen molar-refractivity contribution in [1.29, 1.82) is 0 Å². The van der Waals surface area contributed by atoms with Crippen LogP contribution in [0.5, 0.6) is 0 Å². The van der Waals surface area contributed by atoms with Gasteiger partial charge in [0.1, 0.15) is 5.82 Å². The second kappa shape index (κ2) is 7.91. The molecule has 3 aromatic rings. The molecule has 0 bridgehead atoms. The van der Waals surface area contributed by atoms with Crippen molar-refractivity contribution in [3.05, 3.63) is 47.8 Å². The summed E-state index contributed by atoms with van der Waals surface area (Å²) in [6.45, 7) is -0.398. The van der Waals surface area contributed by atoms with Crippen LogP contribution in [0.4, 0.5) is 22.9 Å². The van der Waals surface area contributed by atoms with Crippen LogP contribution in [0.15, 0.2) is 36.7 Å². The van der Waals surface area contributed by atoms with Crippen LogP contribution in [-0.2, 0) is 11.8 Å². The molecule has 1 unspecified atom stereocenters. The third kappa shape index (κ3) is 3.69. The molecule has 2 aromatic heterocycles. The van der Waals surface area contributed by atoms with Gasteiger partial charge in [-0.05, 0) is 25.8 Å². The number of aromatic nitrogens is 3. The number of fused-ring (bicyclic) bond motifs is 3. The molecule has 1 aliphatic carbocycles. The second-order valence-corrected chi connectivity index (χ2v) is 8.45. The van der Waals surface area contributed by atoms with Gasteiger partial charge in [0.25, 0.3) is 5.91 Å². The predicted octanol–water partition coefficient (Wildman–Crippen LogP) is 3.44. The number of para-hydroxylation sites is 1. The Kier molecular flexibility index (Phi) is 4.23. The van der Waals surface area contributed by atoms with E-state index >= 15 is 0 Å². The van der Waals surface area contributed by atoms with E-state index in [1.54, 1.807) is 12.3 Å². The molecule has 170 valence electrons. The summed E-state index contributed by atoms with van der Waals surface area (Å²) in [7, 11) is 3.47. The van der Waals surface area contributed by atoms with Gasteiger partial charge < -0.3 is 20.9 Å². The normalized spacial score (nSPS) is 18.3. The van der Waals surface area contributed by atoms with Crippen LogP contribution in [0.1, 0.15) is 45.8 Å². The van der Waals surface area contributed by atoms with Crippen LogP contribution in [0.2, 0.25) is 0 Å². The summed E-state index contributed by atoms with van der Waals surface area (Å²) in [5.41, 5.74) is 4.51. The Labute approximate surface area is 196 Å². The predicted molar refractivity (Wildman–Crippen MR) is 128 cm³/mol. The number of amides is 2. The monoisotopic (exact) mass is 448 g/mol. The van der Waals surface area contributed by atoms with Crippen molar-refractivity contribution in [1.82, 2.24) is 20.1 Å². The Morgan fingerprint density at radius 2 is 2.06 bits per heavy atom. The van der Waals surface area contributed by atoms with Gasteiger partial charge >= 0.3 is 0 Å². The number of nitrogens with zero attached hydrogens (tertiary/aromatic N) is 4. The molecule has 1 aromatic carbocycles. The van der Waals surface area contributed by atoms with Gasteiger partial charge in [0.15, 0.2) is 0 Å². The number of nitrogens with one attached hydrogen (secondary N) is 3. The molecule has 0 saturated heterocycles. The van der Waals surface area contributed by atoms with Crippen LogP contribution in [0, 0.1) is 5.92 Å². The van der Waals surface area contributed by atoms with Gasteiger partial charge in [-0.1, -0.05) is 12.1 Å². The van der Waals surface area contributed by atoms with Crippen molar-refractivity contribution < 1.29 is 13.7 Å². The minimum atomic E-state index is -2.38. The molecule has 3 heterocycles. The fourth-order valence-electron chi connectivity index (χ4n) is 4.18. The first kappa shape index (κ1) is 17.6. The first-order valence-corrected chi connectivity index (χ1v) is 10.8. The van der Waals surface area contributed by atoms with E-state index in [2.05, 4.69) is 26.0 Å². The van der Waals surface area contributed by atoms with Gasteiger partial charge in [0.05, 0.1) is 34.4 Å². The summed E-state index contributed by atoms with van der Waals surface area (Å²) in [5.74, 6) is -0.0336. The van der Waals surface area contributed by atoms with E-state index < -0.39 is 6.98 Å². The molecule has 2 aliphatic rings. The highest BCUT2D eigenvalue weighted by atomic mass is 16.2. The fourth-order valence-corrected chi connectivity index (χ4v) is 4.18. The lowest BCUT2D eigenvalue weighted by Crippen LogP contribution is -2.26. The topological polar surface area (TPSA) is 104 Å². The van der Waals surface area contributed by atoms with E-state index in [1.807, 2.05) is 37.1 Å². The van der Waals surface area contributed by atoms with Gasteiger partial charge in [-0.2, -0.15) is 5.10 Å². The molecule has 1 aliphatic heterocycles. The van der Waals surface area contributed by atoms with E-state index in [4.69, 9.17) is 4.11 Å². The second-order valence-electron chi connectivity index (χ2n) is 8.45. The Hall–Kier alpha value is -3.88. The van der Waals surface area contributed by atoms with Crippen molar-refractivity contribution in [2.24, 2.45) is 12.9 Å². The van der Waals surface area contributed by atoms with E-state index in [0.717, 1.165) is 34.3 Å². The summed E-state index contributed by atoms with van der Waals surface area (Å²) in [5, 5.41) is 13.2. The van der Waals surface area contributed by atoms with Crippen molar-refractivity contribution in [3.8, 4) is 11.3 Å². The number of hydrogen-bond acceptors (Lipinski definition) is 6. The minimum Gasteiger partial charge on any atom is -0.365 e. The third-order valence-electron chi connectivity index (χ3n) is 6.26. The molecule has 1 atom stereocenters. The molecule has 9 nitrogen and oxygen atoms in total. The van der Waals surface area contributed by atoms with Crippen LogP contribution < -0.4 is 20.9 Å². The standard InChI is InChI=1S/C24H27N7O2/c1-13-17-12-30(3)29-21(17)15-6-5-7-18(22(15)31(13)4)27-19-10-20(28-23(32)14-8-9-14)26-11-16(19)24(33)25-2/h5-7,10-14H,8-9H2,1-4H3,(H,25,33)(H2,26,27,28,32)/i3D3. The minimum absolute atomic E-state index is 0.0157. The van der Waals surface area contributed by atoms with E-state index in [0.29, 0.717) is 28.5 Å². The maximum absolute atomic E-state index is 12.6. The smallest absolute Gasteiger partial charge is 0.254 e. The first-order chi connectivity index (χ1) is 17.1. The average molecular weight is 449 g/mol. The van der Waals surface area contributed by atoms with Crippen molar-refractivity contribution in [2.45, 2.75) is 25.8 Å². The van der Waals surface area contributed by atoms with Crippen molar-refractivity contribution in [2.75, 3.05) is 29.6 Å². The molecular weight excluding hydrogens is 418 g/mol. The van der Waals surface area contributed by atoms with E-state index in [-0.39, 0.29) is 23.8 Å². The largest absolute Gasteiger partial charge is 0.365 e. The quantitative estimate of drug-likeness (QED) is 0.552. The fraction of sp³-hybridized carbons (Fsp3) is 0.333. The molecule has 3 N–H and O–H groups in total. The molecular formula is C24H27N7O2. The Balaban J connectivity index is 1.57. The molecule has 0 radical (unpaired) electrons. The number of pyridine rings is 1. The number of aryl methyl sites for hydroxylation is 1. The zero-order chi connectivity index (χ0) is 25.8. The van der Waals surface area contributed by atoms with Gasteiger partial charge in [-0.25, -0.2) is 4.98 Å². The summed E-state index contributed by atoms with van der Waals surface area (Å²) in [6.07, 6.45) is 4.75. The molecule has 5 rings (SSSR count). The van der Waals surface area contributed by atoms with Crippen LogP contribution in [-0.4, -0.2) is 40.7 Å². The van der Waals surface area contributed by atoms with Gasteiger partial charge in [-0.3, -0.25) is 14.3 Å². The molecule has 33 heavy (non-hydrogen) atoms. The molecule has 0 spiro atoms. The highest BCUT2D eigenvalue weighted by Crippen LogP contribution is 2.47. The van der Waals surface area contributed by atoms with E-state index in [9.17, 15) is 9.59 Å². The third-order valence-corrected chi connectivity index (χ3v) is 6.26. The number of anilines is 4. The average Bonchev–Trinajstić information content (AvgIpc) is 3.59. The van der Waals surface area contributed by atoms with Crippen molar-refractivity contribution >= 4 is 34.7 Å². The SMILES string of the molecule is [2H]C([2H])([2H])n1cc2c(n1)-c1cccc(Nc3cc(NC(=O)C4CC4)ncc3C(=O)NC)c1N(C)C2C. The Morgan fingerprint density at radius 1 is 1.24 bits per heavy atom. The number of carbonyl (C=O) groups is 2. The Morgan fingerprint density at radius 3 is 2.79 bits per heavy atom. The number of rotatable bonds is 5. The Bertz CT molecular complexity index is 1360. The summed E-state index contributed by atoms with van der Waals surface area (Å²) >= 11 is 0. The number of benzene rings is 1. The maximum Gasteiger partial charge on any atom is 0.254 e. The summed E-state index contributed by atoms with van der Waals surface area (Å²) < 4.78 is 24.3. The lowest BCUT2D eigenvalue weighted by atomic mass is 9.94. The highest BCUT2D eigenvalue weighted by molar-refractivity contribution is 6.02. The van der Waals surface area contributed by atoms with Crippen LogP contribution in [0.3, 0.4) is 0 Å². The molecule has 9 heteroatoms. The summed E-state index contributed by atoms with van der Waals surface area (Å²) in [6, 6.07) is 7.12. The van der Waals surface area contributed by atoms with Gasteiger partial charge in [-0.15, -0.1) is 0 Å². The first-order valence-electron chi connectivity index (χ1n) is 12.3. The number of carbonyl (C=O) groups excluding carboxylic acids is 2. The molecule has 1 saturated carbocycles. The number of hydrogen-bond donors (Lipinski definition) is 3. The maximum atomic E-state index is 12.6. The zero-order valence-electron chi connectivity index (χ0n) is 21.6. The zero-order valence-corrected chi connectivity index (χ0v) is 18.6. The van der Waals surface area contributed by atoms with Crippen molar-refractivity contribution in [3.63, 3.8) is 0 Å². The van der Waals surface area contributed by atoms with Crippen LogP contribution in [0.25, 0.3) is 11.3 Å².